The smallest absolute Gasteiger partial charge is 0.269 e. The Kier molecular flexibility index (Phi) is 7.54. The van der Waals surface area contributed by atoms with Gasteiger partial charge in [0, 0.05) is 30.8 Å². The van der Waals surface area contributed by atoms with E-state index >= 15 is 0 Å². The molecule has 0 unspecified atom stereocenters. The molecule has 0 aliphatic heterocycles. The van der Waals surface area contributed by atoms with Crippen molar-refractivity contribution in [2.24, 2.45) is 0 Å². The number of carbonyl (C=O) groups is 2. The fourth-order valence-corrected chi connectivity index (χ4v) is 2.23. The van der Waals surface area contributed by atoms with E-state index in [4.69, 9.17) is 4.74 Å². The molecule has 0 saturated heterocycles. The number of rotatable bonds is 7. The van der Waals surface area contributed by atoms with Crippen LogP contribution in [0.15, 0.2) is 48.5 Å². The molecule has 2 amide bonds. The summed E-state index contributed by atoms with van der Waals surface area (Å²) in [5.41, 5.74) is 1.30. The maximum absolute atomic E-state index is 11.8. The van der Waals surface area contributed by atoms with Crippen molar-refractivity contribution in [3.8, 4) is 17.6 Å². The number of non-ortho nitro benzene ring substituents is 1. The lowest BCUT2D eigenvalue weighted by atomic mass is 10.1. The molecule has 0 fully saturated rings. The Morgan fingerprint density at radius 1 is 1.14 bits per heavy atom. The first-order chi connectivity index (χ1) is 13.4. The van der Waals surface area contributed by atoms with Gasteiger partial charge < -0.3 is 15.4 Å². The van der Waals surface area contributed by atoms with Crippen LogP contribution in [0.25, 0.3) is 0 Å². The van der Waals surface area contributed by atoms with Crippen molar-refractivity contribution >= 4 is 23.2 Å². The quantitative estimate of drug-likeness (QED) is 0.434. The number of anilines is 1. The first-order valence-electron chi connectivity index (χ1n) is 8.40. The van der Waals surface area contributed by atoms with Crippen molar-refractivity contribution < 1.29 is 19.2 Å². The second-order valence-electron chi connectivity index (χ2n) is 5.73. The molecule has 0 aliphatic carbocycles. The highest BCUT2D eigenvalue weighted by Crippen LogP contribution is 2.17. The molecule has 2 N–H and O–H groups in total. The summed E-state index contributed by atoms with van der Waals surface area (Å²) in [5.74, 6) is 5.74. The first kappa shape index (κ1) is 20.5. The van der Waals surface area contributed by atoms with Gasteiger partial charge in [-0.25, -0.2) is 0 Å². The van der Waals surface area contributed by atoms with Crippen LogP contribution in [0.5, 0.6) is 5.75 Å². The molecule has 2 aromatic carbocycles. The third-order valence-corrected chi connectivity index (χ3v) is 3.48. The standard InChI is InChI=1S/C20H19N3O5/c1-15(24)22-17-5-4-6-19(14-17)28-12-3-2-11-21-20(25)13-16-7-9-18(10-8-16)23(26)27/h4-10,14H,11-13H2,1H3,(H,21,25)(H,22,24). The topological polar surface area (TPSA) is 111 Å². The Labute approximate surface area is 162 Å². The van der Waals surface area contributed by atoms with Crippen LogP contribution in [0.4, 0.5) is 11.4 Å². The molecule has 2 aromatic rings. The van der Waals surface area contributed by atoms with Gasteiger partial charge >= 0.3 is 0 Å². The third kappa shape index (κ3) is 7.17. The lowest BCUT2D eigenvalue weighted by Crippen LogP contribution is -2.25. The SMILES string of the molecule is CC(=O)Nc1cccc(OCC#CCNC(=O)Cc2ccc([N+](=O)[O-])cc2)c1. The Balaban J connectivity index is 1.71. The van der Waals surface area contributed by atoms with Crippen LogP contribution in [-0.2, 0) is 16.0 Å². The molecule has 8 heteroatoms. The summed E-state index contributed by atoms with van der Waals surface area (Å²) < 4.78 is 5.47. The van der Waals surface area contributed by atoms with Gasteiger partial charge in [-0.2, -0.15) is 0 Å². The van der Waals surface area contributed by atoms with Gasteiger partial charge in [-0.05, 0) is 17.7 Å². The van der Waals surface area contributed by atoms with Crippen LogP contribution in [0.2, 0.25) is 0 Å². The van der Waals surface area contributed by atoms with Gasteiger partial charge in [0.2, 0.25) is 11.8 Å². The van der Waals surface area contributed by atoms with Gasteiger partial charge in [0.15, 0.2) is 0 Å². The molecule has 0 spiro atoms. The summed E-state index contributed by atoms with van der Waals surface area (Å²) in [7, 11) is 0. The lowest BCUT2D eigenvalue weighted by molar-refractivity contribution is -0.384. The highest BCUT2D eigenvalue weighted by Gasteiger charge is 2.06. The molecule has 0 bridgehead atoms. The Bertz CT molecular complexity index is 913. The highest BCUT2D eigenvalue weighted by molar-refractivity contribution is 5.88. The highest BCUT2D eigenvalue weighted by atomic mass is 16.6. The normalized spacial score (nSPS) is 9.61. The van der Waals surface area contributed by atoms with Gasteiger partial charge in [-0.15, -0.1) is 0 Å². The molecular weight excluding hydrogens is 362 g/mol. The second-order valence-corrected chi connectivity index (χ2v) is 5.73. The number of nitro benzene ring substituents is 1. The van der Waals surface area contributed by atoms with Crippen LogP contribution in [0.1, 0.15) is 12.5 Å². The molecule has 0 saturated carbocycles. The maximum Gasteiger partial charge on any atom is 0.269 e. The number of amides is 2. The average Bonchev–Trinajstić information content (AvgIpc) is 2.65. The van der Waals surface area contributed by atoms with E-state index in [1.54, 1.807) is 36.4 Å². The summed E-state index contributed by atoms with van der Waals surface area (Å²) >= 11 is 0. The monoisotopic (exact) mass is 381 g/mol. The van der Waals surface area contributed by atoms with Crippen molar-refractivity contribution in [1.82, 2.24) is 5.32 Å². The van der Waals surface area contributed by atoms with Gasteiger partial charge in [0.05, 0.1) is 17.9 Å². The van der Waals surface area contributed by atoms with Gasteiger partial charge in [0.1, 0.15) is 12.4 Å². The van der Waals surface area contributed by atoms with Crippen LogP contribution in [-0.4, -0.2) is 29.9 Å². The van der Waals surface area contributed by atoms with Crippen molar-refractivity contribution in [3.05, 3.63) is 64.2 Å². The van der Waals surface area contributed by atoms with Crippen LogP contribution < -0.4 is 15.4 Å². The van der Waals surface area contributed by atoms with Crippen molar-refractivity contribution in [2.75, 3.05) is 18.5 Å². The zero-order chi connectivity index (χ0) is 20.4. The number of nitro groups is 1. The first-order valence-corrected chi connectivity index (χ1v) is 8.40. The Morgan fingerprint density at radius 3 is 2.57 bits per heavy atom. The summed E-state index contributed by atoms with van der Waals surface area (Å²) in [5, 5.41) is 15.9. The van der Waals surface area contributed by atoms with E-state index in [0.717, 1.165) is 0 Å². The number of benzene rings is 2. The summed E-state index contributed by atoms with van der Waals surface area (Å²) in [6.07, 6.45) is 0.117. The molecule has 2 rings (SSSR count). The number of nitrogens with zero attached hydrogens (tertiary/aromatic N) is 1. The predicted octanol–water partition coefficient (Wildman–Crippen LogP) is 2.29. The summed E-state index contributed by atoms with van der Waals surface area (Å²) in [6, 6.07) is 12.8. The minimum atomic E-state index is -0.488. The number of hydrogen-bond acceptors (Lipinski definition) is 5. The van der Waals surface area contributed by atoms with E-state index in [0.29, 0.717) is 17.0 Å². The minimum absolute atomic E-state index is 0.0161. The Morgan fingerprint density at radius 2 is 1.89 bits per heavy atom. The fraction of sp³-hybridized carbons (Fsp3) is 0.200. The molecule has 0 heterocycles. The molecule has 0 atom stereocenters. The van der Waals surface area contributed by atoms with E-state index in [9.17, 15) is 19.7 Å². The third-order valence-electron chi connectivity index (χ3n) is 3.48. The lowest BCUT2D eigenvalue weighted by Gasteiger charge is -2.05. The van der Waals surface area contributed by atoms with E-state index in [1.165, 1.54) is 19.1 Å². The number of hydrogen-bond donors (Lipinski definition) is 2. The summed E-state index contributed by atoms with van der Waals surface area (Å²) in [4.78, 5) is 33.0. The molecule has 144 valence electrons. The van der Waals surface area contributed by atoms with Gasteiger partial charge in [-0.3, -0.25) is 19.7 Å². The van der Waals surface area contributed by atoms with E-state index in [-0.39, 0.29) is 37.1 Å². The Hall–Kier alpha value is -3.86. The average molecular weight is 381 g/mol. The van der Waals surface area contributed by atoms with Crippen LogP contribution in [0.3, 0.4) is 0 Å². The van der Waals surface area contributed by atoms with E-state index in [1.807, 2.05) is 0 Å². The van der Waals surface area contributed by atoms with Crippen molar-refractivity contribution in [3.63, 3.8) is 0 Å². The molecular formula is C20H19N3O5. The molecule has 0 aromatic heterocycles. The summed E-state index contributed by atoms with van der Waals surface area (Å²) in [6.45, 7) is 1.73. The van der Waals surface area contributed by atoms with Gasteiger partial charge in [0.25, 0.3) is 5.69 Å². The molecule has 28 heavy (non-hydrogen) atoms. The van der Waals surface area contributed by atoms with Crippen molar-refractivity contribution in [1.29, 1.82) is 0 Å². The maximum atomic E-state index is 11.8. The van der Waals surface area contributed by atoms with Crippen LogP contribution in [0, 0.1) is 22.0 Å². The van der Waals surface area contributed by atoms with E-state index < -0.39 is 4.92 Å². The zero-order valence-corrected chi connectivity index (χ0v) is 15.2. The van der Waals surface area contributed by atoms with E-state index in [2.05, 4.69) is 22.5 Å². The molecule has 0 radical (unpaired) electrons. The second kappa shape index (κ2) is 10.3. The largest absolute Gasteiger partial charge is 0.481 e. The predicted molar refractivity (Wildman–Crippen MR) is 104 cm³/mol. The molecule has 0 aliphatic rings. The van der Waals surface area contributed by atoms with Gasteiger partial charge in [-0.1, -0.05) is 30.0 Å². The number of nitrogens with one attached hydrogen (secondary N) is 2. The zero-order valence-electron chi connectivity index (χ0n) is 15.2. The van der Waals surface area contributed by atoms with Crippen molar-refractivity contribution in [2.45, 2.75) is 13.3 Å². The minimum Gasteiger partial charge on any atom is -0.481 e. The number of carbonyl (C=O) groups excluding carboxylic acids is 2. The fourth-order valence-electron chi connectivity index (χ4n) is 2.23. The molecule has 8 nitrogen and oxygen atoms in total. The number of ether oxygens (including phenoxy) is 1. The van der Waals surface area contributed by atoms with Crippen LogP contribution >= 0.6 is 0 Å².